The van der Waals surface area contributed by atoms with Gasteiger partial charge in [0.2, 0.25) is 0 Å². The fourth-order valence-corrected chi connectivity index (χ4v) is 2.96. The zero-order chi connectivity index (χ0) is 12.1. The number of morpholine rings is 1. The molecular weight excluding hydrogens is 216 g/mol. The summed E-state index contributed by atoms with van der Waals surface area (Å²) in [6.45, 7) is 8.56. The van der Waals surface area contributed by atoms with E-state index in [4.69, 9.17) is 15.2 Å². The second-order valence-corrected chi connectivity index (χ2v) is 5.47. The fourth-order valence-electron chi connectivity index (χ4n) is 2.96. The van der Waals surface area contributed by atoms with E-state index in [-0.39, 0.29) is 5.41 Å². The third-order valence-electron chi connectivity index (χ3n) is 4.20. The molecule has 2 aliphatic rings. The van der Waals surface area contributed by atoms with Crippen LogP contribution in [0.4, 0.5) is 0 Å². The van der Waals surface area contributed by atoms with Crippen LogP contribution in [0.2, 0.25) is 0 Å². The normalized spacial score (nSPS) is 36.0. The Morgan fingerprint density at radius 2 is 2.24 bits per heavy atom. The summed E-state index contributed by atoms with van der Waals surface area (Å²) in [5, 5.41) is 0. The first kappa shape index (κ1) is 13.3. The van der Waals surface area contributed by atoms with Crippen molar-refractivity contribution in [3.63, 3.8) is 0 Å². The SMILES string of the molecule is CCC1COCCN1CC1(CN)CCCOC1. The molecule has 0 amide bonds. The van der Waals surface area contributed by atoms with Crippen LogP contribution in [-0.2, 0) is 9.47 Å². The van der Waals surface area contributed by atoms with Crippen LogP contribution < -0.4 is 5.73 Å². The predicted octanol–water partition coefficient (Wildman–Crippen LogP) is 0.853. The van der Waals surface area contributed by atoms with Gasteiger partial charge in [-0.3, -0.25) is 4.90 Å². The minimum Gasteiger partial charge on any atom is -0.381 e. The van der Waals surface area contributed by atoms with Crippen molar-refractivity contribution in [2.24, 2.45) is 11.1 Å². The molecule has 17 heavy (non-hydrogen) atoms. The van der Waals surface area contributed by atoms with Gasteiger partial charge in [-0.2, -0.15) is 0 Å². The molecule has 2 N–H and O–H groups in total. The van der Waals surface area contributed by atoms with Gasteiger partial charge >= 0.3 is 0 Å². The Bertz CT molecular complexity index is 229. The van der Waals surface area contributed by atoms with Crippen molar-refractivity contribution in [1.82, 2.24) is 4.90 Å². The van der Waals surface area contributed by atoms with Crippen molar-refractivity contribution < 1.29 is 9.47 Å². The molecule has 0 aromatic carbocycles. The second-order valence-electron chi connectivity index (χ2n) is 5.47. The largest absolute Gasteiger partial charge is 0.381 e. The Kier molecular flexibility index (Phi) is 4.79. The van der Waals surface area contributed by atoms with E-state index in [0.717, 1.165) is 58.9 Å². The number of nitrogens with two attached hydrogens (primary N) is 1. The van der Waals surface area contributed by atoms with E-state index in [9.17, 15) is 0 Å². The van der Waals surface area contributed by atoms with Crippen LogP contribution in [0, 0.1) is 5.41 Å². The molecule has 2 fully saturated rings. The molecule has 0 saturated carbocycles. The van der Waals surface area contributed by atoms with Crippen LogP contribution in [-0.4, -0.2) is 57.0 Å². The molecule has 2 aliphatic heterocycles. The average molecular weight is 242 g/mol. The Balaban J connectivity index is 1.96. The van der Waals surface area contributed by atoms with Gasteiger partial charge < -0.3 is 15.2 Å². The molecule has 2 heterocycles. The molecule has 4 heteroatoms. The first-order valence-corrected chi connectivity index (χ1v) is 6.89. The summed E-state index contributed by atoms with van der Waals surface area (Å²) in [7, 11) is 0. The van der Waals surface area contributed by atoms with Crippen LogP contribution in [0.1, 0.15) is 26.2 Å². The lowest BCUT2D eigenvalue weighted by molar-refractivity contribution is -0.0637. The van der Waals surface area contributed by atoms with Gasteiger partial charge in [0.25, 0.3) is 0 Å². The lowest BCUT2D eigenvalue weighted by Gasteiger charge is -2.44. The first-order chi connectivity index (χ1) is 8.29. The molecule has 0 radical (unpaired) electrons. The number of nitrogens with zero attached hydrogens (tertiary/aromatic N) is 1. The third kappa shape index (κ3) is 3.19. The Hall–Kier alpha value is -0.160. The highest BCUT2D eigenvalue weighted by molar-refractivity contribution is 4.88. The maximum atomic E-state index is 6.00. The van der Waals surface area contributed by atoms with E-state index in [2.05, 4.69) is 11.8 Å². The molecule has 0 aromatic heterocycles. The van der Waals surface area contributed by atoms with E-state index >= 15 is 0 Å². The van der Waals surface area contributed by atoms with Crippen LogP contribution in [0.15, 0.2) is 0 Å². The Morgan fingerprint density at radius 1 is 1.35 bits per heavy atom. The summed E-state index contributed by atoms with van der Waals surface area (Å²) in [5.74, 6) is 0. The Labute approximate surface area is 104 Å². The third-order valence-corrected chi connectivity index (χ3v) is 4.20. The summed E-state index contributed by atoms with van der Waals surface area (Å²) in [5.41, 5.74) is 6.19. The lowest BCUT2D eigenvalue weighted by atomic mass is 9.81. The number of ether oxygens (including phenoxy) is 2. The van der Waals surface area contributed by atoms with Crippen molar-refractivity contribution in [1.29, 1.82) is 0 Å². The van der Waals surface area contributed by atoms with E-state index < -0.39 is 0 Å². The first-order valence-electron chi connectivity index (χ1n) is 6.89. The minimum absolute atomic E-state index is 0.184. The summed E-state index contributed by atoms with van der Waals surface area (Å²) >= 11 is 0. The molecule has 0 aromatic rings. The summed E-state index contributed by atoms with van der Waals surface area (Å²) in [6.07, 6.45) is 3.51. The highest BCUT2D eigenvalue weighted by Crippen LogP contribution is 2.30. The van der Waals surface area contributed by atoms with Gasteiger partial charge in [-0.05, 0) is 19.3 Å². The van der Waals surface area contributed by atoms with Gasteiger partial charge in [-0.15, -0.1) is 0 Å². The van der Waals surface area contributed by atoms with E-state index in [1.807, 2.05) is 0 Å². The predicted molar refractivity (Wildman–Crippen MR) is 68.0 cm³/mol. The molecule has 0 aliphatic carbocycles. The highest BCUT2D eigenvalue weighted by atomic mass is 16.5. The zero-order valence-corrected chi connectivity index (χ0v) is 11.0. The average Bonchev–Trinajstić information content (AvgIpc) is 2.40. The molecule has 2 atom stereocenters. The summed E-state index contributed by atoms with van der Waals surface area (Å²) in [6, 6.07) is 0.564. The van der Waals surface area contributed by atoms with Crippen molar-refractivity contribution in [2.45, 2.75) is 32.2 Å². The molecule has 4 nitrogen and oxygen atoms in total. The molecule has 0 spiro atoms. The number of hydrogen-bond donors (Lipinski definition) is 1. The van der Waals surface area contributed by atoms with E-state index in [1.54, 1.807) is 0 Å². The minimum atomic E-state index is 0.184. The molecule has 2 unspecified atom stereocenters. The van der Waals surface area contributed by atoms with E-state index in [0.29, 0.717) is 6.04 Å². The van der Waals surface area contributed by atoms with Gasteiger partial charge in [-0.1, -0.05) is 6.92 Å². The molecular formula is C13H26N2O2. The van der Waals surface area contributed by atoms with Crippen molar-refractivity contribution in [3.8, 4) is 0 Å². The standard InChI is InChI=1S/C13H26N2O2/c1-2-12-8-16-7-5-15(12)10-13(9-14)4-3-6-17-11-13/h12H,2-11,14H2,1H3. The fraction of sp³-hybridized carbons (Fsp3) is 1.00. The van der Waals surface area contributed by atoms with Gasteiger partial charge in [0.1, 0.15) is 0 Å². The van der Waals surface area contributed by atoms with Gasteiger partial charge in [0.15, 0.2) is 0 Å². The van der Waals surface area contributed by atoms with Crippen molar-refractivity contribution in [3.05, 3.63) is 0 Å². The van der Waals surface area contributed by atoms with Crippen LogP contribution >= 0.6 is 0 Å². The van der Waals surface area contributed by atoms with Crippen LogP contribution in [0.25, 0.3) is 0 Å². The quantitative estimate of drug-likeness (QED) is 0.794. The summed E-state index contributed by atoms with van der Waals surface area (Å²) in [4.78, 5) is 2.56. The second kappa shape index (κ2) is 6.14. The summed E-state index contributed by atoms with van der Waals surface area (Å²) < 4.78 is 11.2. The van der Waals surface area contributed by atoms with E-state index in [1.165, 1.54) is 6.42 Å². The maximum Gasteiger partial charge on any atom is 0.0622 e. The van der Waals surface area contributed by atoms with Gasteiger partial charge in [0, 0.05) is 37.7 Å². The monoisotopic (exact) mass is 242 g/mol. The maximum absolute atomic E-state index is 6.00. The highest BCUT2D eigenvalue weighted by Gasteiger charge is 2.36. The topological polar surface area (TPSA) is 47.7 Å². The van der Waals surface area contributed by atoms with Crippen molar-refractivity contribution >= 4 is 0 Å². The van der Waals surface area contributed by atoms with Crippen LogP contribution in [0.3, 0.4) is 0 Å². The smallest absolute Gasteiger partial charge is 0.0622 e. The van der Waals surface area contributed by atoms with Crippen LogP contribution in [0.5, 0.6) is 0 Å². The number of rotatable bonds is 4. The van der Waals surface area contributed by atoms with Crippen molar-refractivity contribution in [2.75, 3.05) is 46.1 Å². The molecule has 2 rings (SSSR count). The molecule has 0 bridgehead atoms. The zero-order valence-electron chi connectivity index (χ0n) is 11.0. The van der Waals surface area contributed by atoms with Gasteiger partial charge in [-0.25, -0.2) is 0 Å². The van der Waals surface area contributed by atoms with Gasteiger partial charge in [0.05, 0.1) is 19.8 Å². The molecule has 100 valence electrons. The lowest BCUT2D eigenvalue weighted by Crippen LogP contribution is -2.54. The molecule has 2 saturated heterocycles. The number of hydrogen-bond acceptors (Lipinski definition) is 4. The Morgan fingerprint density at radius 3 is 2.88 bits per heavy atom.